The van der Waals surface area contributed by atoms with Crippen LogP contribution in [-0.4, -0.2) is 37.2 Å². The Balaban J connectivity index is 3.87. The van der Waals surface area contributed by atoms with Crippen LogP contribution < -0.4 is 0 Å². The van der Waals surface area contributed by atoms with Crippen molar-refractivity contribution in [2.24, 2.45) is 0 Å². The highest BCUT2D eigenvalue weighted by Crippen LogP contribution is 2.18. The highest BCUT2D eigenvalue weighted by molar-refractivity contribution is 5.71. The molecule has 0 spiro atoms. The molecule has 1 atom stereocenters. The average molecular weight is 946 g/mol. The minimum atomic E-state index is -0.760. The van der Waals surface area contributed by atoms with Gasteiger partial charge in [0.25, 0.3) is 0 Å². The number of unbranched alkanes of at least 4 members (excludes halogenated alkanes) is 43. The smallest absolute Gasteiger partial charge is 0.306 e. The number of hydrogen-bond donors (Lipinski definition) is 0. The predicted octanol–water partition coefficient (Wildman–Crippen LogP) is 20.1. The Morgan fingerprint density at radius 3 is 0.746 bits per heavy atom. The van der Waals surface area contributed by atoms with Crippen LogP contribution in [0.2, 0.25) is 0 Å². The topological polar surface area (TPSA) is 78.9 Å². The minimum Gasteiger partial charge on any atom is -0.462 e. The molecule has 67 heavy (non-hydrogen) atoms. The van der Waals surface area contributed by atoms with Gasteiger partial charge in [0.1, 0.15) is 13.2 Å². The lowest BCUT2D eigenvalue weighted by Crippen LogP contribution is -2.30. The second kappa shape index (κ2) is 56.7. The molecule has 0 amide bonds. The van der Waals surface area contributed by atoms with Gasteiger partial charge in [-0.3, -0.25) is 14.4 Å². The summed E-state index contributed by atoms with van der Waals surface area (Å²) in [5.41, 5.74) is 0. The first-order valence-electron chi connectivity index (χ1n) is 30.2. The van der Waals surface area contributed by atoms with E-state index in [1.165, 1.54) is 238 Å². The first kappa shape index (κ1) is 65.1. The molecule has 0 aliphatic carbocycles. The lowest BCUT2D eigenvalue weighted by molar-refractivity contribution is -0.167. The molecule has 0 aromatic rings. The SMILES string of the molecule is CCCCCCCCCC/C=C\CCCCCCCCCCCCCCCCCCCCCC(=O)OCC(COC(=O)CCCCCCC)OC(=O)CCCCCCCCCCCCCCC. The molecule has 0 N–H and O–H groups in total. The van der Waals surface area contributed by atoms with Crippen LogP contribution in [0.15, 0.2) is 12.2 Å². The van der Waals surface area contributed by atoms with E-state index < -0.39 is 6.10 Å². The van der Waals surface area contributed by atoms with Crippen molar-refractivity contribution in [1.29, 1.82) is 0 Å². The largest absolute Gasteiger partial charge is 0.462 e. The van der Waals surface area contributed by atoms with Gasteiger partial charge in [-0.05, 0) is 44.9 Å². The molecule has 0 aliphatic rings. The number of ether oxygens (including phenoxy) is 3. The van der Waals surface area contributed by atoms with Crippen LogP contribution >= 0.6 is 0 Å². The summed E-state index contributed by atoms with van der Waals surface area (Å²) < 4.78 is 16.7. The third kappa shape index (κ3) is 55.0. The summed E-state index contributed by atoms with van der Waals surface area (Å²) in [4.78, 5) is 37.7. The molecule has 0 heterocycles. The summed E-state index contributed by atoms with van der Waals surface area (Å²) in [6.07, 6.45) is 65.7. The second-order valence-corrected chi connectivity index (χ2v) is 20.6. The molecule has 0 aromatic carbocycles. The molecule has 0 fully saturated rings. The monoisotopic (exact) mass is 945 g/mol. The zero-order valence-corrected chi connectivity index (χ0v) is 45.5. The molecule has 6 heteroatoms. The van der Waals surface area contributed by atoms with Crippen LogP contribution in [0.3, 0.4) is 0 Å². The van der Waals surface area contributed by atoms with E-state index in [0.717, 1.165) is 64.2 Å². The van der Waals surface area contributed by atoms with Gasteiger partial charge in [0.15, 0.2) is 6.10 Å². The van der Waals surface area contributed by atoms with Crippen molar-refractivity contribution in [1.82, 2.24) is 0 Å². The Labute approximate surface area is 418 Å². The van der Waals surface area contributed by atoms with E-state index in [-0.39, 0.29) is 31.1 Å². The average Bonchev–Trinajstić information content (AvgIpc) is 3.33. The summed E-state index contributed by atoms with van der Waals surface area (Å²) in [6.45, 7) is 6.60. The van der Waals surface area contributed by atoms with Gasteiger partial charge in [-0.25, -0.2) is 0 Å². The first-order valence-corrected chi connectivity index (χ1v) is 30.2. The van der Waals surface area contributed by atoms with E-state index >= 15 is 0 Å². The van der Waals surface area contributed by atoms with Crippen molar-refractivity contribution in [3.63, 3.8) is 0 Å². The van der Waals surface area contributed by atoms with Crippen LogP contribution in [0.4, 0.5) is 0 Å². The Bertz CT molecular complexity index is 1040. The van der Waals surface area contributed by atoms with Crippen molar-refractivity contribution in [2.75, 3.05) is 13.2 Å². The van der Waals surface area contributed by atoms with Gasteiger partial charge in [0.2, 0.25) is 0 Å². The summed E-state index contributed by atoms with van der Waals surface area (Å²) in [6, 6.07) is 0. The molecule has 0 aliphatic heterocycles. The van der Waals surface area contributed by atoms with Gasteiger partial charge in [-0.15, -0.1) is 0 Å². The molecule has 0 aromatic heterocycles. The van der Waals surface area contributed by atoms with E-state index in [1.54, 1.807) is 0 Å². The quantitative estimate of drug-likeness (QED) is 0.0262. The van der Waals surface area contributed by atoms with Crippen LogP contribution in [0.1, 0.15) is 342 Å². The third-order valence-corrected chi connectivity index (χ3v) is 13.8. The third-order valence-electron chi connectivity index (χ3n) is 13.8. The zero-order chi connectivity index (χ0) is 48.6. The zero-order valence-electron chi connectivity index (χ0n) is 45.5. The maximum atomic E-state index is 12.7. The Hall–Kier alpha value is -1.85. The predicted molar refractivity (Wildman–Crippen MR) is 289 cm³/mol. The van der Waals surface area contributed by atoms with E-state index in [2.05, 4.69) is 32.9 Å². The molecule has 0 radical (unpaired) electrons. The number of carbonyl (C=O) groups is 3. The second-order valence-electron chi connectivity index (χ2n) is 20.6. The molecule has 0 saturated carbocycles. The maximum absolute atomic E-state index is 12.7. The van der Waals surface area contributed by atoms with Crippen LogP contribution in [-0.2, 0) is 28.6 Å². The highest BCUT2D eigenvalue weighted by atomic mass is 16.6. The lowest BCUT2D eigenvalue weighted by atomic mass is 10.0. The Morgan fingerprint density at radius 1 is 0.284 bits per heavy atom. The normalized spacial score (nSPS) is 12.0. The van der Waals surface area contributed by atoms with Crippen LogP contribution in [0.5, 0.6) is 0 Å². The standard InChI is InChI=1S/C61H116O6/c1-4-7-10-13-15-17-19-21-22-23-24-25-26-27-28-29-30-31-32-33-34-35-36-37-38-40-41-43-45-48-51-54-60(63)66-57-58(56-65-59(62)53-50-47-12-9-6-3)67-61(64)55-52-49-46-44-42-39-20-18-16-14-11-8-5-2/h23-24,58H,4-22,25-57H2,1-3H3/b24-23-. The van der Waals surface area contributed by atoms with E-state index in [4.69, 9.17) is 14.2 Å². The molecular weight excluding hydrogens is 829 g/mol. The van der Waals surface area contributed by atoms with E-state index in [1.807, 2.05) is 0 Å². The van der Waals surface area contributed by atoms with Crippen molar-refractivity contribution >= 4 is 17.9 Å². The Kier molecular flexibility index (Phi) is 55.2. The number of allylic oxidation sites excluding steroid dienone is 2. The lowest BCUT2D eigenvalue weighted by Gasteiger charge is -2.18. The van der Waals surface area contributed by atoms with Gasteiger partial charge in [-0.1, -0.05) is 290 Å². The van der Waals surface area contributed by atoms with E-state index in [9.17, 15) is 14.4 Å². The molecule has 0 bridgehead atoms. The molecule has 0 saturated heterocycles. The molecule has 6 nitrogen and oxygen atoms in total. The summed E-state index contributed by atoms with van der Waals surface area (Å²) in [5.74, 6) is -0.858. The number of carbonyl (C=O) groups excluding carboxylic acids is 3. The Morgan fingerprint density at radius 2 is 0.493 bits per heavy atom. The fourth-order valence-electron chi connectivity index (χ4n) is 9.21. The van der Waals surface area contributed by atoms with Gasteiger partial charge >= 0.3 is 17.9 Å². The summed E-state index contributed by atoms with van der Waals surface area (Å²) >= 11 is 0. The van der Waals surface area contributed by atoms with Gasteiger partial charge in [0, 0.05) is 19.3 Å². The summed E-state index contributed by atoms with van der Waals surface area (Å²) in [7, 11) is 0. The highest BCUT2D eigenvalue weighted by Gasteiger charge is 2.19. The fraction of sp³-hybridized carbons (Fsp3) is 0.918. The number of hydrogen-bond acceptors (Lipinski definition) is 6. The number of rotatable bonds is 56. The maximum Gasteiger partial charge on any atom is 0.306 e. The fourth-order valence-corrected chi connectivity index (χ4v) is 9.21. The molecule has 396 valence electrons. The van der Waals surface area contributed by atoms with Crippen molar-refractivity contribution < 1.29 is 28.6 Å². The van der Waals surface area contributed by atoms with Gasteiger partial charge in [0.05, 0.1) is 0 Å². The van der Waals surface area contributed by atoms with Crippen LogP contribution in [0.25, 0.3) is 0 Å². The van der Waals surface area contributed by atoms with Crippen molar-refractivity contribution in [3.8, 4) is 0 Å². The van der Waals surface area contributed by atoms with Gasteiger partial charge in [-0.2, -0.15) is 0 Å². The minimum absolute atomic E-state index is 0.0645. The van der Waals surface area contributed by atoms with Crippen molar-refractivity contribution in [3.05, 3.63) is 12.2 Å². The first-order chi connectivity index (χ1) is 33.0. The molecule has 1 unspecified atom stereocenters. The number of esters is 3. The summed E-state index contributed by atoms with van der Waals surface area (Å²) in [5, 5.41) is 0. The van der Waals surface area contributed by atoms with E-state index in [0.29, 0.717) is 19.3 Å². The van der Waals surface area contributed by atoms with Crippen molar-refractivity contribution in [2.45, 2.75) is 348 Å². The van der Waals surface area contributed by atoms with Gasteiger partial charge < -0.3 is 14.2 Å². The molecular formula is C61H116O6. The van der Waals surface area contributed by atoms with Crippen LogP contribution in [0, 0.1) is 0 Å². The molecule has 0 rings (SSSR count).